The van der Waals surface area contributed by atoms with E-state index in [9.17, 15) is 14.0 Å². The van der Waals surface area contributed by atoms with Crippen LogP contribution in [0.2, 0.25) is 0 Å². The molecule has 0 bridgehead atoms. The second-order valence-corrected chi connectivity index (χ2v) is 7.85. The molecule has 0 unspecified atom stereocenters. The molecule has 0 saturated carbocycles. The zero-order valence-corrected chi connectivity index (χ0v) is 18.2. The fourth-order valence-electron chi connectivity index (χ4n) is 3.53. The first-order chi connectivity index (χ1) is 15.8. The molecule has 0 saturated heterocycles. The SMILES string of the molecule is CC(C)n1cc(C(=O)c2cccc(NC(=O)NCc3ccc(F)cc3)c2)c2c(N)ncnc21. The number of nitrogens with two attached hydrogens (primary N) is 1. The Hall–Kier alpha value is -4.27. The molecule has 8 nitrogen and oxygen atoms in total. The molecule has 0 aliphatic carbocycles. The van der Waals surface area contributed by atoms with E-state index in [1.54, 1.807) is 42.6 Å². The van der Waals surface area contributed by atoms with Gasteiger partial charge in [0.25, 0.3) is 0 Å². The Kier molecular flexibility index (Phi) is 6.03. The maximum Gasteiger partial charge on any atom is 0.319 e. The Balaban J connectivity index is 1.54. The van der Waals surface area contributed by atoms with Crippen LogP contribution in [-0.2, 0) is 6.54 Å². The number of ketones is 1. The minimum absolute atomic E-state index is 0.0705. The van der Waals surface area contributed by atoms with Gasteiger partial charge in [-0.15, -0.1) is 0 Å². The van der Waals surface area contributed by atoms with Gasteiger partial charge in [-0.3, -0.25) is 4.79 Å². The number of benzene rings is 2. The van der Waals surface area contributed by atoms with E-state index in [1.165, 1.54) is 18.5 Å². The van der Waals surface area contributed by atoms with Crippen molar-refractivity contribution < 1.29 is 14.0 Å². The fraction of sp³-hybridized carbons (Fsp3) is 0.167. The molecule has 9 heteroatoms. The highest BCUT2D eigenvalue weighted by Gasteiger charge is 2.21. The van der Waals surface area contributed by atoms with Gasteiger partial charge in [0.15, 0.2) is 5.78 Å². The number of hydrogen-bond acceptors (Lipinski definition) is 5. The molecule has 0 radical (unpaired) electrons. The molecular formula is C24H23FN6O2. The van der Waals surface area contributed by atoms with Crippen LogP contribution in [0.15, 0.2) is 61.1 Å². The lowest BCUT2D eigenvalue weighted by Crippen LogP contribution is -2.28. The number of nitrogen functional groups attached to an aromatic ring is 1. The van der Waals surface area contributed by atoms with Crippen LogP contribution < -0.4 is 16.4 Å². The molecule has 4 N–H and O–H groups in total. The third-order valence-corrected chi connectivity index (χ3v) is 5.19. The first kappa shape index (κ1) is 21.9. The molecule has 0 aliphatic heterocycles. The van der Waals surface area contributed by atoms with E-state index >= 15 is 0 Å². The van der Waals surface area contributed by atoms with Crippen molar-refractivity contribution in [2.75, 3.05) is 11.1 Å². The maximum absolute atomic E-state index is 13.3. The highest BCUT2D eigenvalue weighted by atomic mass is 19.1. The smallest absolute Gasteiger partial charge is 0.319 e. The third-order valence-electron chi connectivity index (χ3n) is 5.19. The van der Waals surface area contributed by atoms with Gasteiger partial charge in [-0.1, -0.05) is 24.3 Å². The molecule has 168 valence electrons. The lowest BCUT2D eigenvalue weighted by molar-refractivity contribution is 0.104. The average Bonchev–Trinajstić information content (AvgIpc) is 3.20. The standard InChI is InChI=1S/C24H23FN6O2/c1-14(2)31-12-19(20-22(26)28-13-29-23(20)31)21(32)16-4-3-5-18(10-16)30-24(33)27-11-15-6-8-17(25)9-7-15/h3-10,12-14H,11H2,1-2H3,(H2,26,28,29)(H2,27,30,33). The number of amides is 2. The van der Waals surface area contributed by atoms with E-state index in [2.05, 4.69) is 20.6 Å². The van der Waals surface area contributed by atoms with Crippen molar-refractivity contribution >= 4 is 34.4 Å². The van der Waals surface area contributed by atoms with Crippen LogP contribution in [0.1, 0.15) is 41.4 Å². The summed E-state index contributed by atoms with van der Waals surface area (Å²) < 4.78 is 14.9. The number of nitrogens with one attached hydrogen (secondary N) is 2. The molecule has 0 spiro atoms. The molecule has 0 aliphatic rings. The molecule has 2 amide bonds. The Labute approximate surface area is 189 Å². The van der Waals surface area contributed by atoms with E-state index in [-0.39, 0.29) is 30.0 Å². The molecule has 2 aromatic heterocycles. The van der Waals surface area contributed by atoms with E-state index in [4.69, 9.17) is 5.73 Å². The second kappa shape index (κ2) is 9.07. The quantitative estimate of drug-likeness (QED) is 0.382. The van der Waals surface area contributed by atoms with Crippen LogP contribution in [0.25, 0.3) is 11.0 Å². The first-order valence-corrected chi connectivity index (χ1v) is 10.4. The van der Waals surface area contributed by atoms with Gasteiger partial charge in [-0.25, -0.2) is 19.2 Å². The van der Waals surface area contributed by atoms with Gasteiger partial charge < -0.3 is 20.9 Å². The van der Waals surface area contributed by atoms with Crippen molar-refractivity contribution in [1.29, 1.82) is 0 Å². The van der Waals surface area contributed by atoms with Crippen molar-refractivity contribution in [3.63, 3.8) is 0 Å². The molecule has 2 aromatic carbocycles. The molecule has 4 rings (SSSR count). The first-order valence-electron chi connectivity index (χ1n) is 10.4. The van der Waals surface area contributed by atoms with Crippen LogP contribution in [0, 0.1) is 5.82 Å². The van der Waals surface area contributed by atoms with E-state index < -0.39 is 6.03 Å². The molecular weight excluding hydrogens is 423 g/mol. The zero-order chi connectivity index (χ0) is 23.5. The molecule has 0 fully saturated rings. The van der Waals surface area contributed by atoms with Crippen molar-refractivity contribution in [1.82, 2.24) is 19.9 Å². The number of halogens is 1. The minimum Gasteiger partial charge on any atom is -0.383 e. The number of carbonyl (C=O) groups is 2. The lowest BCUT2D eigenvalue weighted by atomic mass is 10.0. The summed E-state index contributed by atoms with van der Waals surface area (Å²) in [4.78, 5) is 34.0. The number of carbonyl (C=O) groups excluding carboxylic acids is 2. The van der Waals surface area contributed by atoms with Gasteiger partial charge in [0.05, 0.1) is 10.9 Å². The second-order valence-electron chi connectivity index (χ2n) is 7.85. The van der Waals surface area contributed by atoms with Gasteiger partial charge in [-0.05, 0) is 43.7 Å². The van der Waals surface area contributed by atoms with Crippen molar-refractivity contribution in [2.45, 2.75) is 26.4 Å². The molecule has 0 atom stereocenters. The normalized spacial score (nSPS) is 11.0. The Morgan fingerprint density at radius 1 is 1.12 bits per heavy atom. The maximum atomic E-state index is 13.3. The number of hydrogen-bond donors (Lipinski definition) is 3. The van der Waals surface area contributed by atoms with Crippen molar-refractivity contribution in [3.05, 3.63) is 83.6 Å². The fourth-order valence-corrected chi connectivity index (χ4v) is 3.53. The Morgan fingerprint density at radius 2 is 1.88 bits per heavy atom. The number of aromatic nitrogens is 3. The highest BCUT2D eigenvalue weighted by Crippen LogP contribution is 2.28. The van der Waals surface area contributed by atoms with E-state index in [0.29, 0.717) is 27.8 Å². The largest absolute Gasteiger partial charge is 0.383 e. The summed E-state index contributed by atoms with van der Waals surface area (Å²) in [5.74, 6) is -0.358. The highest BCUT2D eigenvalue weighted by molar-refractivity contribution is 6.18. The van der Waals surface area contributed by atoms with Gasteiger partial charge in [-0.2, -0.15) is 0 Å². The summed E-state index contributed by atoms with van der Waals surface area (Å²) in [5.41, 5.74) is 8.66. The van der Waals surface area contributed by atoms with Gasteiger partial charge in [0.2, 0.25) is 0 Å². The van der Waals surface area contributed by atoms with Crippen LogP contribution >= 0.6 is 0 Å². The Morgan fingerprint density at radius 3 is 2.61 bits per heavy atom. The summed E-state index contributed by atoms with van der Waals surface area (Å²) >= 11 is 0. The van der Waals surface area contributed by atoms with Crippen LogP contribution in [0.3, 0.4) is 0 Å². The molecule has 33 heavy (non-hydrogen) atoms. The molecule has 4 aromatic rings. The summed E-state index contributed by atoms with van der Waals surface area (Å²) in [6.45, 7) is 4.21. The summed E-state index contributed by atoms with van der Waals surface area (Å²) in [6.07, 6.45) is 3.11. The summed E-state index contributed by atoms with van der Waals surface area (Å²) in [5, 5.41) is 5.92. The number of urea groups is 1. The average molecular weight is 446 g/mol. The monoisotopic (exact) mass is 446 g/mol. The van der Waals surface area contributed by atoms with Gasteiger partial charge in [0, 0.05) is 30.0 Å². The molecule has 2 heterocycles. The van der Waals surface area contributed by atoms with Crippen LogP contribution in [0.4, 0.5) is 20.7 Å². The van der Waals surface area contributed by atoms with Crippen LogP contribution in [0.5, 0.6) is 0 Å². The van der Waals surface area contributed by atoms with E-state index in [1.807, 2.05) is 18.4 Å². The predicted molar refractivity (Wildman–Crippen MR) is 124 cm³/mol. The minimum atomic E-state index is -0.446. The summed E-state index contributed by atoms with van der Waals surface area (Å²) in [6, 6.07) is 12.1. The predicted octanol–water partition coefficient (Wildman–Crippen LogP) is 4.29. The zero-order valence-electron chi connectivity index (χ0n) is 18.2. The number of rotatable bonds is 6. The van der Waals surface area contributed by atoms with Crippen molar-refractivity contribution in [2.24, 2.45) is 0 Å². The van der Waals surface area contributed by atoms with Gasteiger partial charge in [0.1, 0.15) is 23.6 Å². The topological polar surface area (TPSA) is 115 Å². The van der Waals surface area contributed by atoms with Gasteiger partial charge >= 0.3 is 6.03 Å². The lowest BCUT2D eigenvalue weighted by Gasteiger charge is -2.09. The van der Waals surface area contributed by atoms with Crippen LogP contribution in [-0.4, -0.2) is 26.3 Å². The number of fused-ring (bicyclic) bond motifs is 1. The summed E-state index contributed by atoms with van der Waals surface area (Å²) in [7, 11) is 0. The third kappa shape index (κ3) is 4.67. The van der Waals surface area contributed by atoms with Crippen molar-refractivity contribution in [3.8, 4) is 0 Å². The Bertz CT molecular complexity index is 1330. The number of anilines is 2. The van der Waals surface area contributed by atoms with E-state index in [0.717, 1.165) is 5.56 Å². The number of nitrogens with zero attached hydrogens (tertiary/aromatic N) is 3.